The number of amides is 1. The fraction of sp³-hybridized carbons (Fsp3) is 0.529. The van der Waals surface area contributed by atoms with Crippen molar-refractivity contribution in [1.29, 1.82) is 0 Å². The lowest BCUT2D eigenvalue weighted by atomic mass is 10.3. The maximum atomic E-state index is 12.2. The van der Waals surface area contributed by atoms with Gasteiger partial charge in [0.15, 0.2) is 0 Å². The first-order valence-corrected chi connectivity index (χ1v) is 9.05. The quantitative estimate of drug-likeness (QED) is 0.842. The summed E-state index contributed by atoms with van der Waals surface area (Å²) >= 11 is 1.63. The Balaban J connectivity index is 1.23. The van der Waals surface area contributed by atoms with E-state index in [0.29, 0.717) is 6.61 Å². The fourth-order valence-corrected chi connectivity index (χ4v) is 3.98. The fourth-order valence-electron chi connectivity index (χ4n) is 3.07. The Hall–Kier alpha value is -1.50. The van der Waals surface area contributed by atoms with Crippen molar-refractivity contribution in [2.24, 2.45) is 0 Å². The van der Waals surface area contributed by atoms with Crippen molar-refractivity contribution in [3.05, 3.63) is 29.3 Å². The van der Waals surface area contributed by atoms with Crippen LogP contribution < -0.4 is 0 Å². The van der Waals surface area contributed by atoms with Gasteiger partial charge in [0.1, 0.15) is 11.6 Å². The average molecular weight is 331 g/mol. The molecule has 122 valence electrons. The molecular weight excluding hydrogens is 310 g/mol. The highest BCUT2D eigenvalue weighted by molar-refractivity contribution is 7.18. The molecule has 2 aromatic rings. The van der Waals surface area contributed by atoms with Crippen LogP contribution in [0.25, 0.3) is 10.2 Å². The van der Waals surface area contributed by atoms with Crippen LogP contribution in [0.5, 0.6) is 0 Å². The first-order chi connectivity index (χ1) is 11.3. The van der Waals surface area contributed by atoms with Gasteiger partial charge in [0.2, 0.25) is 5.91 Å². The lowest BCUT2D eigenvalue weighted by Crippen LogP contribution is -2.50. The molecule has 0 N–H and O–H groups in total. The Morgan fingerprint density at radius 1 is 1.22 bits per heavy atom. The number of para-hydroxylation sites is 1. The van der Waals surface area contributed by atoms with Crippen molar-refractivity contribution < 1.29 is 9.53 Å². The number of thiazole rings is 1. The first kappa shape index (κ1) is 15.1. The van der Waals surface area contributed by atoms with Crippen LogP contribution in [0.15, 0.2) is 24.3 Å². The Labute approximate surface area is 139 Å². The van der Waals surface area contributed by atoms with Crippen LogP contribution in [0.1, 0.15) is 17.8 Å². The lowest BCUT2D eigenvalue weighted by Gasteiger charge is -2.34. The second-order valence-electron chi connectivity index (χ2n) is 6.22. The van der Waals surface area contributed by atoms with E-state index in [1.54, 1.807) is 11.3 Å². The largest absolute Gasteiger partial charge is 0.364 e. The van der Waals surface area contributed by atoms with Crippen molar-refractivity contribution in [2.45, 2.75) is 25.5 Å². The Kier molecular flexibility index (Phi) is 4.29. The summed E-state index contributed by atoms with van der Waals surface area (Å²) in [5.41, 5.74) is 0.999. The minimum Gasteiger partial charge on any atom is -0.364 e. The summed E-state index contributed by atoms with van der Waals surface area (Å²) in [6.07, 6.45) is 2.67. The highest BCUT2D eigenvalue weighted by Crippen LogP contribution is 2.27. The second kappa shape index (κ2) is 6.55. The van der Waals surface area contributed by atoms with E-state index >= 15 is 0 Å². The van der Waals surface area contributed by atoms with Gasteiger partial charge in [-0.05, 0) is 25.0 Å². The van der Waals surface area contributed by atoms with Crippen LogP contribution in [0, 0.1) is 0 Å². The zero-order valence-corrected chi connectivity index (χ0v) is 13.9. The lowest BCUT2D eigenvalue weighted by molar-refractivity contribution is -0.138. The van der Waals surface area contributed by atoms with Crippen LogP contribution in [0.3, 0.4) is 0 Å². The normalized spacial score (nSPS) is 19.4. The predicted octanol–water partition coefficient (Wildman–Crippen LogP) is 2.12. The van der Waals surface area contributed by atoms with Crippen molar-refractivity contribution >= 4 is 27.5 Å². The summed E-state index contributed by atoms with van der Waals surface area (Å²) in [6.45, 7) is 4.24. The van der Waals surface area contributed by atoms with Crippen molar-refractivity contribution in [3.63, 3.8) is 0 Å². The molecule has 0 bridgehead atoms. The molecule has 2 aliphatic rings. The number of fused-ring (bicyclic) bond motifs is 1. The Morgan fingerprint density at radius 2 is 2.00 bits per heavy atom. The highest BCUT2D eigenvalue weighted by atomic mass is 32.1. The molecule has 0 radical (unpaired) electrons. The number of nitrogens with zero attached hydrogens (tertiary/aromatic N) is 3. The third-order valence-electron chi connectivity index (χ3n) is 4.52. The SMILES string of the molecule is O=C(COCc1nc2ccccc2s1)N1CCN(C2CC2)CC1. The summed E-state index contributed by atoms with van der Waals surface area (Å²) in [6, 6.07) is 8.84. The van der Waals surface area contributed by atoms with Crippen LogP contribution in [0.2, 0.25) is 0 Å². The molecule has 2 fully saturated rings. The smallest absolute Gasteiger partial charge is 0.248 e. The molecule has 0 spiro atoms. The number of benzene rings is 1. The maximum Gasteiger partial charge on any atom is 0.248 e. The van der Waals surface area contributed by atoms with Crippen LogP contribution in [-0.2, 0) is 16.1 Å². The van der Waals surface area contributed by atoms with E-state index in [4.69, 9.17) is 4.74 Å². The number of hydrogen-bond donors (Lipinski definition) is 0. The van der Waals surface area contributed by atoms with E-state index in [0.717, 1.165) is 47.4 Å². The van der Waals surface area contributed by atoms with Gasteiger partial charge in [-0.25, -0.2) is 4.98 Å². The first-order valence-electron chi connectivity index (χ1n) is 8.23. The zero-order chi connectivity index (χ0) is 15.6. The molecule has 6 heteroatoms. The van der Waals surface area contributed by atoms with E-state index in [2.05, 4.69) is 16.0 Å². The molecule has 1 aliphatic carbocycles. The molecule has 0 atom stereocenters. The van der Waals surface area contributed by atoms with Crippen molar-refractivity contribution in [1.82, 2.24) is 14.8 Å². The van der Waals surface area contributed by atoms with Gasteiger partial charge in [-0.2, -0.15) is 0 Å². The minimum atomic E-state index is 0.0987. The number of carbonyl (C=O) groups is 1. The van der Waals surface area contributed by atoms with E-state index in [9.17, 15) is 4.79 Å². The molecule has 5 nitrogen and oxygen atoms in total. The van der Waals surface area contributed by atoms with Gasteiger partial charge in [0.05, 0.1) is 16.8 Å². The van der Waals surface area contributed by atoms with E-state index < -0.39 is 0 Å². The summed E-state index contributed by atoms with van der Waals surface area (Å²) in [5, 5.41) is 0.928. The third kappa shape index (κ3) is 3.54. The summed E-state index contributed by atoms with van der Waals surface area (Å²) < 4.78 is 6.75. The number of rotatable bonds is 5. The maximum absolute atomic E-state index is 12.2. The van der Waals surface area contributed by atoms with Gasteiger partial charge in [-0.1, -0.05) is 12.1 Å². The molecule has 1 amide bonds. The zero-order valence-electron chi connectivity index (χ0n) is 13.1. The Morgan fingerprint density at radius 3 is 2.74 bits per heavy atom. The van der Waals surface area contributed by atoms with Crippen LogP contribution in [0.4, 0.5) is 0 Å². The molecule has 1 aromatic carbocycles. The number of piperazine rings is 1. The van der Waals surface area contributed by atoms with Gasteiger partial charge in [0.25, 0.3) is 0 Å². The predicted molar refractivity (Wildman–Crippen MR) is 90.5 cm³/mol. The monoisotopic (exact) mass is 331 g/mol. The molecular formula is C17H21N3O2S. The van der Waals surface area contributed by atoms with Gasteiger partial charge in [0, 0.05) is 32.2 Å². The molecule has 1 aliphatic heterocycles. The summed E-state index contributed by atoms with van der Waals surface area (Å²) in [4.78, 5) is 21.2. The van der Waals surface area contributed by atoms with Gasteiger partial charge < -0.3 is 9.64 Å². The average Bonchev–Trinajstić information content (AvgIpc) is 3.34. The number of aromatic nitrogens is 1. The van der Waals surface area contributed by atoms with Crippen molar-refractivity contribution in [3.8, 4) is 0 Å². The molecule has 2 heterocycles. The standard InChI is InChI=1S/C17H21N3O2S/c21-17(20-9-7-19(8-10-20)13-5-6-13)12-22-11-16-18-14-3-1-2-4-15(14)23-16/h1-4,13H,5-12H2. The molecule has 1 saturated heterocycles. The topological polar surface area (TPSA) is 45.7 Å². The van der Waals surface area contributed by atoms with Crippen LogP contribution in [-0.4, -0.2) is 59.5 Å². The van der Waals surface area contributed by atoms with Crippen LogP contribution >= 0.6 is 11.3 Å². The van der Waals surface area contributed by atoms with E-state index in [-0.39, 0.29) is 12.5 Å². The number of ether oxygens (including phenoxy) is 1. The van der Waals surface area contributed by atoms with Gasteiger partial charge >= 0.3 is 0 Å². The molecule has 1 aromatic heterocycles. The molecule has 23 heavy (non-hydrogen) atoms. The molecule has 0 unspecified atom stereocenters. The van der Waals surface area contributed by atoms with Gasteiger partial charge in [-0.15, -0.1) is 11.3 Å². The Bertz CT molecular complexity index is 657. The highest BCUT2D eigenvalue weighted by Gasteiger charge is 2.32. The molecule has 1 saturated carbocycles. The minimum absolute atomic E-state index is 0.0987. The van der Waals surface area contributed by atoms with Crippen molar-refractivity contribution in [2.75, 3.05) is 32.8 Å². The summed E-state index contributed by atoms with van der Waals surface area (Å²) in [5.74, 6) is 0.0987. The molecule has 4 rings (SSSR count). The number of hydrogen-bond acceptors (Lipinski definition) is 5. The second-order valence-corrected chi connectivity index (χ2v) is 7.33. The van der Waals surface area contributed by atoms with Gasteiger partial charge in [-0.3, -0.25) is 9.69 Å². The third-order valence-corrected chi connectivity index (χ3v) is 5.53. The summed E-state index contributed by atoms with van der Waals surface area (Å²) in [7, 11) is 0. The van der Waals surface area contributed by atoms with E-state index in [1.165, 1.54) is 12.8 Å². The number of carbonyl (C=O) groups excluding carboxylic acids is 1. The van der Waals surface area contributed by atoms with E-state index in [1.807, 2.05) is 23.1 Å².